The molecule has 0 saturated heterocycles. The van der Waals surface area contributed by atoms with Crippen LogP contribution in [0.25, 0.3) is 0 Å². The van der Waals surface area contributed by atoms with Gasteiger partial charge in [0.25, 0.3) is 0 Å². The summed E-state index contributed by atoms with van der Waals surface area (Å²) in [5.74, 6) is -2.27. The summed E-state index contributed by atoms with van der Waals surface area (Å²) in [6.07, 6.45) is 1.57. The van der Waals surface area contributed by atoms with Crippen LogP contribution in [0.1, 0.15) is 20.3 Å². The lowest BCUT2D eigenvalue weighted by Gasteiger charge is -2.10. The average molecular weight is 186 g/mol. The Kier molecular flexibility index (Phi) is 4.80. The highest BCUT2D eigenvalue weighted by Crippen LogP contribution is 2.15. The van der Waals surface area contributed by atoms with Crippen molar-refractivity contribution >= 4 is 11.9 Å². The number of methoxy groups -OCH3 is 1. The smallest absolute Gasteiger partial charge is 0.311 e. The van der Waals surface area contributed by atoms with Crippen LogP contribution in [0.4, 0.5) is 0 Å². The van der Waals surface area contributed by atoms with Crippen LogP contribution in [-0.4, -0.2) is 24.2 Å². The Hall–Kier alpha value is -1.32. The zero-order valence-electron chi connectivity index (χ0n) is 8.03. The molecule has 0 rings (SSSR count). The molecule has 1 unspecified atom stereocenters. The fraction of sp³-hybridized carbons (Fsp3) is 0.556. The molecule has 0 saturated carbocycles. The second kappa shape index (κ2) is 5.35. The summed E-state index contributed by atoms with van der Waals surface area (Å²) < 4.78 is 4.40. The van der Waals surface area contributed by atoms with Gasteiger partial charge < -0.3 is 9.84 Å². The standard InChI is InChI=1S/C9H14O4/c1-4-6(2)7(9(11)12)5-8(10)13-3/h4,7H,5H2,1-3H3,(H,11,12)/b6-4+. The van der Waals surface area contributed by atoms with E-state index in [0.29, 0.717) is 5.57 Å². The Bertz CT molecular complexity index is 230. The van der Waals surface area contributed by atoms with Gasteiger partial charge in [-0.3, -0.25) is 9.59 Å². The van der Waals surface area contributed by atoms with Crippen molar-refractivity contribution in [3.63, 3.8) is 0 Å². The van der Waals surface area contributed by atoms with Crippen molar-refractivity contribution in [3.8, 4) is 0 Å². The van der Waals surface area contributed by atoms with Crippen molar-refractivity contribution in [3.05, 3.63) is 11.6 Å². The number of hydrogen-bond donors (Lipinski definition) is 1. The molecule has 0 radical (unpaired) electrons. The molecule has 0 aromatic carbocycles. The van der Waals surface area contributed by atoms with E-state index in [2.05, 4.69) is 4.74 Å². The molecule has 0 heterocycles. The number of hydrogen-bond acceptors (Lipinski definition) is 3. The Morgan fingerprint density at radius 1 is 1.54 bits per heavy atom. The normalized spacial score (nSPS) is 13.6. The molecule has 74 valence electrons. The third-order valence-corrected chi connectivity index (χ3v) is 1.90. The van der Waals surface area contributed by atoms with Crippen LogP contribution in [0.5, 0.6) is 0 Å². The van der Waals surface area contributed by atoms with Crippen molar-refractivity contribution in [1.82, 2.24) is 0 Å². The predicted octanol–water partition coefficient (Wildman–Crippen LogP) is 1.22. The summed E-state index contributed by atoms with van der Waals surface area (Å²) in [7, 11) is 1.24. The summed E-state index contributed by atoms with van der Waals surface area (Å²) >= 11 is 0. The van der Waals surface area contributed by atoms with Gasteiger partial charge in [0, 0.05) is 0 Å². The van der Waals surface area contributed by atoms with E-state index in [1.54, 1.807) is 19.9 Å². The van der Waals surface area contributed by atoms with Crippen LogP contribution in [-0.2, 0) is 14.3 Å². The molecule has 0 aliphatic rings. The number of carbonyl (C=O) groups is 2. The van der Waals surface area contributed by atoms with E-state index in [0.717, 1.165) is 0 Å². The molecule has 0 fully saturated rings. The fourth-order valence-electron chi connectivity index (χ4n) is 0.894. The number of esters is 1. The Labute approximate surface area is 77.2 Å². The largest absolute Gasteiger partial charge is 0.481 e. The van der Waals surface area contributed by atoms with Gasteiger partial charge in [-0.2, -0.15) is 0 Å². The second-order valence-corrected chi connectivity index (χ2v) is 2.70. The molecule has 0 amide bonds. The first-order chi connectivity index (χ1) is 6.02. The molecule has 0 aliphatic heterocycles. The van der Waals surface area contributed by atoms with Gasteiger partial charge in [0.2, 0.25) is 0 Å². The summed E-state index contributed by atoms with van der Waals surface area (Å²) in [6.45, 7) is 3.42. The summed E-state index contributed by atoms with van der Waals surface area (Å²) in [5.41, 5.74) is 0.665. The van der Waals surface area contributed by atoms with E-state index in [4.69, 9.17) is 5.11 Å². The van der Waals surface area contributed by atoms with Crippen LogP contribution in [0.3, 0.4) is 0 Å². The number of ether oxygens (including phenoxy) is 1. The molecule has 0 aromatic rings. The topological polar surface area (TPSA) is 63.6 Å². The van der Waals surface area contributed by atoms with E-state index >= 15 is 0 Å². The van der Waals surface area contributed by atoms with Crippen LogP contribution >= 0.6 is 0 Å². The summed E-state index contributed by atoms with van der Waals surface area (Å²) in [5, 5.41) is 8.77. The molecule has 0 bridgehead atoms. The van der Waals surface area contributed by atoms with Crippen molar-refractivity contribution in [1.29, 1.82) is 0 Å². The molecular weight excluding hydrogens is 172 g/mol. The highest BCUT2D eigenvalue weighted by Gasteiger charge is 2.22. The van der Waals surface area contributed by atoms with E-state index < -0.39 is 17.9 Å². The Balaban J connectivity index is 4.45. The van der Waals surface area contributed by atoms with Gasteiger partial charge in [0.05, 0.1) is 19.4 Å². The molecule has 1 atom stereocenters. The zero-order chi connectivity index (χ0) is 10.4. The van der Waals surface area contributed by atoms with Crippen molar-refractivity contribution in [2.24, 2.45) is 5.92 Å². The van der Waals surface area contributed by atoms with Crippen LogP contribution in [0, 0.1) is 5.92 Å². The van der Waals surface area contributed by atoms with Gasteiger partial charge in [0.15, 0.2) is 0 Å². The molecule has 4 nitrogen and oxygen atoms in total. The van der Waals surface area contributed by atoms with Crippen LogP contribution in [0.15, 0.2) is 11.6 Å². The monoisotopic (exact) mass is 186 g/mol. The lowest BCUT2D eigenvalue weighted by molar-refractivity contribution is -0.148. The molecule has 4 heteroatoms. The minimum Gasteiger partial charge on any atom is -0.481 e. The van der Waals surface area contributed by atoms with Gasteiger partial charge in [-0.1, -0.05) is 11.6 Å². The molecule has 0 spiro atoms. The molecule has 0 aliphatic carbocycles. The van der Waals surface area contributed by atoms with E-state index in [1.807, 2.05) is 0 Å². The van der Waals surface area contributed by atoms with Crippen molar-refractivity contribution < 1.29 is 19.4 Å². The quantitative estimate of drug-likeness (QED) is 0.529. The maximum absolute atomic E-state index is 10.8. The van der Waals surface area contributed by atoms with Crippen LogP contribution < -0.4 is 0 Å². The maximum Gasteiger partial charge on any atom is 0.311 e. The number of carbonyl (C=O) groups excluding carboxylic acids is 1. The number of carboxylic acid groups (broad SMARTS) is 1. The number of aliphatic carboxylic acids is 1. The summed E-state index contributed by atoms with van der Waals surface area (Å²) in [4.78, 5) is 21.5. The molecule has 13 heavy (non-hydrogen) atoms. The third-order valence-electron chi connectivity index (χ3n) is 1.90. The highest BCUT2D eigenvalue weighted by atomic mass is 16.5. The number of carboxylic acids is 1. The Morgan fingerprint density at radius 2 is 2.08 bits per heavy atom. The van der Waals surface area contributed by atoms with Crippen molar-refractivity contribution in [2.75, 3.05) is 7.11 Å². The number of rotatable bonds is 4. The first kappa shape index (κ1) is 11.7. The van der Waals surface area contributed by atoms with E-state index in [-0.39, 0.29) is 6.42 Å². The van der Waals surface area contributed by atoms with Gasteiger partial charge in [0.1, 0.15) is 0 Å². The second-order valence-electron chi connectivity index (χ2n) is 2.70. The third kappa shape index (κ3) is 3.73. The van der Waals surface area contributed by atoms with Crippen LogP contribution in [0.2, 0.25) is 0 Å². The minimum atomic E-state index is -0.999. The lowest BCUT2D eigenvalue weighted by atomic mass is 9.97. The van der Waals surface area contributed by atoms with Gasteiger partial charge in [-0.05, 0) is 13.8 Å². The van der Waals surface area contributed by atoms with E-state index in [9.17, 15) is 9.59 Å². The lowest BCUT2D eigenvalue weighted by Crippen LogP contribution is -2.19. The Morgan fingerprint density at radius 3 is 2.38 bits per heavy atom. The van der Waals surface area contributed by atoms with E-state index in [1.165, 1.54) is 7.11 Å². The minimum absolute atomic E-state index is 0.109. The first-order valence-corrected chi connectivity index (χ1v) is 3.95. The average Bonchev–Trinajstić information content (AvgIpc) is 2.11. The fourth-order valence-corrected chi connectivity index (χ4v) is 0.894. The first-order valence-electron chi connectivity index (χ1n) is 3.95. The van der Waals surface area contributed by atoms with Gasteiger partial charge >= 0.3 is 11.9 Å². The maximum atomic E-state index is 10.8. The predicted molar refractivity (Wildman–Crippen MR) is 47.2 cm³/mol. The SMILES string of the molecule is C/C=C(\C)C(CC(=O)OC)C(=O)O. The molecule has 0 aromatic heterocycles. The molecular formula is C9H14O4. The molecule has 1 N–H and O–H groups in total. The van der Waals surface area contributed by atoms with Crippen molar-refractivity contribution in [2.45, 2.75) is 20.3 Å². The van der Waals surface area contributed by atoms with Gasteiger partial charge in [-0.15, -0.1) is 0 Å². The highest BCUT2D eigenvalue weighted by molar-refractivity contribution is 5.81. The van der Waals surface area contributed by atoms with Gasteiger partial charge in [-0.25, -0.2) is 0 Å². The number of allylic oxidation sites excluding steroid dienone is 1. The summed E-state index contributed by atoms with van der Waals surface area (Å²) in [6, 6.07) is 0. The zero-order valence-corrected chi connectivity index (χ0v) is 8.03.